The lowest BCUT2D eigenvalue weighted by Gasteiger charge is -2.39. The normalized spacial score (nSPS) is 20.8. The predicted octanol–water partition coefficient (Wildman–Crippen LogP) is 9.77. The van der Waals surface area contributed by atoms with E-state index in [-0.39, 0.29) is 26.1 Å². The number of ether oxygens (including phenoxy) is 4. The van der Waals surface area contributed by atoms with Crippen LogP contribution in [0.15, 0.2) is 85.1 Å². The van der Waals surface area contributed by atoms with E-state index in [1.807, 2.05) is 12.2 Å². The van der Waals surface area contributed by atoms with Crippen molar-refractivity contribution < 1.29 is 49.0 Å². The lowest BCUT2D eigenvalue weighted by atomic mass is 9.99. The molecule has 0 spiro atoms. The van der Waals surface area contributed by atoms with Crippen LogP contribution < -0.4 is 0 Å². The number of unbranched alkanes of at least 4 members (excludes halogenated alkanes) is 11. The number of hydrogen-bond donors (Lipinski definition) is 4. The molecule has 0 aromatic heterocycles. The van der Waals surface area contributed by atoms with Gasteiger partial charge in [-0.2, -0.15) is 0 Å². The molecule has 1 aliphatic rings. The van der Waals surface area contributed by atoms with E-state index in [2.05, 4.69) is 86.8 Å². The Morgan fingerprint density at radius 2 is 1.03 bits per heavy atom. The van der Waals surface area contributed by atoms with E-state index in [0.29, 0.717) is 12.8 Å². The highest BCUT2D eigenvalue weighted by Gasteiger charge is 2.44. The minimum absolute atomic E-state index is 0.144. The second kappa shape index (κ2) is 39.0. The fourth-order valence-corrected chi connectivity index (χ4v) is 6.21. The van der Waals surface area contributed by atoms with Gasteiger partial charge in [0, 0.05) is 12.8 Å². The number of carbonyl (C=O) groups is 2. The Balaban J connectivity index is 2.40. The van der Waals surface area contributed by atoms with Gasteiger partial charge in [0.15, 0.2) is 12.4 Å². The van der Waals surface area contributed by atoms with Crippen molar-refractivity contribution in [1.29, 1.82) is 0 Å². The maximum Gasteiger partial charge on any atom is 0.306 e. The standard InChI is InChI=1S/C49H80O10/c1-3-5-7-9-11-13-15-17-19-20-21-22-24-25-27-29-31-33-35-37-44(51)56-40-42(41-57-49-48(55)47(54)46(53)43(39-50)59-49)58-45(52)38-36-34-32-30-28-26-23-18-16-14-12-10-8-6-4-2/h5,7,11,13,17-19,21-23,25,27,31,33,42-43,46-50,53-55H,3-4,6,8-10,12,14-16,20,24,26,28-30,32,34-41H2,1-2H3/b7-5+,13-11+,19-17+,22-21+,23-18+,27-25+,33-31+/t42-,43-,46+,47?,48?,49-/m0/s1. The molecule has 2 unspecified atom stereocenters. The highest BCUT2D eigenvalue weighted by atomic mass is 16.7. The van der Waals surface area contributed by atoms with E-state index in [1.165, 1.54) is 38.5 Å². The Bertz CT molecular complexity index is 1230. The average Bonchev–Trinajstić information content (AvgIpc) is 3.23. The van der Waals surface area contributed by atoms with Crippen LogP contribution >= 0.6 is 0 Å². The molecule has 0 bridgehead atoms. The molecule has 10 nitrogen and oxygen atoms in total. The zero-order valence-corrected chi connectivity index (χ0v) is 36.5. The summed E-state index contributed by atoms with van der Waals surface area (Å²) < 4.78 is 22.1. The van der Waals surface area contributed by atoms with Gasteiger partial charge in [-0.3, -0.25) is 9.59 Å². The molecule has 336 valence electrons. The molecule has 0 aromatic carbocycles. The van der Waals surface area contributed by atoms with Gasteiger partial charge >= 0.3 is 11.9 Å². The van der Waals surface area contributed by atoms with Crippen molar-refractivity contribution in [2.24, 2.45) is 0 Å². The van der Waals surface area contributed by atoms with Crippen LogP contribution in [0.25, 0.3) is 0 Å². The van der Waals surface area contributed by atoms with Crippen LogP contribution in [-0.2, 0) is 28.5 Å². The summed E-state index contributed by atoms with van der Waals surface area (Å²) in [7, 11) is 0. The van der Waals surface area contributed by atoms with Crippen LogP contribution in [-0.4, -0.2) is 89.0 Å². The molecule has 0 aliphatic carbocycles. The third-order valence-electron chi connectivity index (χ3n) is 9.78. The summed E-state index contributed by atoms with van der Waals surface area (Å²) in [5.74, 6) is -0.922. The van der Waals surface area contributed by atoms with Gasteiger partial charge in [0.05, 0.1) is 13.2 Å². The Morgan fingerprint density at radius 1 is 0.542 bits per heavy atom. The summed E-state index contributed by atoms with van der Waals surface area (Å²) in [6, 6.07) is 0. The van der Waals surface area contributed by atoms with Crippen LogP contribution in [0.5, 0.6) is 0 Å². The van der Waals surface area contributed by atoms with E-state index in [1.54, 1.807) is 0 Å². The first-order valence-corrected chi connectivity index (χ1v) is 22.7. The molecule has 0 radical (unpaired) electrons. The van der Waals surface area contributed by atoms with Crippen molar-refractivity contribution >= 4 is 11.9 Å². The van der Waals surface area contributed by atoms with Gasteiger partial charge in [-0.1, -0.05) is 150 Å². The van der Waals surface area contributed by atoms with Crippen molar-refractivity contribution in [3.8, 4) is 0 Å². The van der Waals surface area contributed by atoms with Crippen LogP contribution in [0.4, 0.5) is 0 Å². The van der Waals surface area contributed by atoms with E-state index in [0.717, 1.165) is 77.0 Å². The second-order valence-electron chi connectivity index (χ2n) is 15.1. The molecule has 0 aromatic rings. The number of aliphatic hydroxyl groups is 4. The number of carbonyl (C=O) groups excluding carboxylic acids is 2. The van der Waals surface area contributed by atoms with Crippen LogP contribution in [0.2, 0.25) is 0 Å². The molecule has 59 heavy (non-hydrogen) atoms. The van der Waals surface area contributed by atoms with E-state index in [4.69, 9.17) is 18.9 Å². The first kappa shape index (κ1) is 53.9. The van der Waals surface area contributed by atoms with Gasteiger partial charge in [0.25, 0.3) is 0 Å². The SMILES string of the molecule is CC/C=C/C/C=C/C/C=C/C/C=C/C/C=C/C/C=C/CCC(=O)OC[C@@H](CO[C@H]1O[C@@H](CO)[C@@H](O)C(O)C1O)OC(=O)CCCCCCC/C=C/CCCCCCCC. The van der Waals surface area contributed by atoms with Gasteiger partial charge in [0.2, 0.25) is 0 Å². The number of aliphatic hydroxyl groups excluding tert-OH is 4. The van der Waals surface area contributed by atoms with Gasteiger partial charge in [-0.15, -0.1) is 0 Å². The maximum atomic E-state index is 12.8. The van der Waals surface area contributed by atoms with Crippen molar-refractivity contribution in [2.75, 3.05) is 19.8 Å². The van der Waals surface area contributed by atoms with Crippen LogP contribution in [0.3, 0.4) is 0 Å². The summed E-state index contributed by atoms with van der Waals surface area (Å²) in [6.07, 6.45) is 43.1. The highest BCUT2D eigenvalue weighted by molar-refractivity contribution is 5.70. The molecule has 0 saturated carbocycles. The Labute approximate surface area is 356 Å². The largest absolute Gasteiger partial charge is 0.462 e. The summed E-state index contributed by atoms with van der Waals surface area (Å²) in [6.45, 7) is 3.20. The second-order valence-corrected chi connectivity index (χ2v) is 15.1. The number of allylic oxidation sites excluding steroid dienone is 14. The average molecular weight is 829 g/mol. The van der Waals surface area contributed by atoms with Crippen molar-refractivity contribution in [2.45, 2.75) is 192 Å². The molecular weight excluding hydrogens is 749 g/mol. The van der Waals surface area contributed by atoms with Gasteiger partial charge in [-0.05, 0) is 77.0 Å². The smallest absolute Gasteiger partial charge is 0.306 e. The minimum Gasteiger partial charge on any atom is -0.462 e. The van der Waals surface area contributed by atoms with E-state index in [9.17, 15) is 30.0 Å². The molecule has 1 saturated heterocycles. The topological polar surface area (TPSA) is 152 Å². The predicted molar refractivity (Wildman–Crippen MR) is 237 cm³/mol. The first-order chi connectivity index (χ1) is 28.8. The van der Waals surface area contributed by atoms with E-state index < -0.39 is 55.4 Å². The minimum atomic E-state index is -1.61. The van der Waals surface area contributed by atoms with Gasteiger partial charge in [-0.25, -0.2) is 0 Å². The van der Waals surface area contributed by atoms with Crippen molar-refractivity contribution in [1.82, 2.24) is 0 Å². The summed E-state index contributed by atoms with van der Waals surface area (Å²) >= 11 is 0. The molecule has 4 N–H and O–H groups in total. The van der Waals surface area contributed by atoms with E-state index >= 15 is 0 Å². The quantitative estimate of drug-likeness (QED) is 0.0273. The number of rotatable bonds is 36. The number of esters is 2. The number of hydrogen-bond acceptors (Lipinski definition) is 10. The third-order valence-corrected chi connectivity index (χ3v) is 9.78. The lowest BCUT2D eigenvalue weighted by molar-refractivity contribution is -0.305. The Morgan fingerprint density at radius 3 is 1.58 bits per heavy atom. The first-order valence-electron chi connectivity index (χ1n) is 22.7. The summed E-state index contributed by atoms with van der Waals surface area (Å²) in [5, 5.41) is 40.1. The molecular formula is C49H80O10. The third kappa shape index (κ3) is 30.5. The molecule has 1 aliphatic heterocycles. The maximum absolute atomic E-state index is 12.8. The van der Waals surface area contributed by atoms with Crippen LogP contribution in [0, 0.1) is 0 Å². The molecule has 1 fully saturated rings. The van der Waals surface area contributed by atoms with Gasteiger partial charge < -0.3 is 39.4 Å². The summed E-state index contributed by atoms with van der Waals surface area (Å²) in [4.78, 5) is 25.3. The van der Waals surface area contributed by atoms with Crippen LogP contribution in [0.1, 0.15) is 155 Å². The van der Waals surface area contributed by atoms with Crippen molar-refractivity contribution in [3.63, 3.8) is 0 Å². The van der Waals surface area contributed by atoms with Crippen molar-refractivity contribution in [3.05, 3.63) is 85.1 Å². The highest BCUT2D eigenvalue weighted by Crippen LogP contribution is 2.22. The molecule has 6 atom stereocenters. The monoisotopic (exact) mass is 829 g/mol. The fourth-order valence-electron chi connectivity index (χ4n) is 6.21. The lowest BCUT2D eigenvalue weighted by Crippen LogP contribution is -2.59. The molecule has 1 heterocycles. The fraction of sp³-hybridized carbons (Fsp3) is 0.673. The summed E-state index contributed by atoms with van der Waals surface area (Å²) in [5.41, 5.74) is 0. The molecule has 0 amide bonds. The molecule has 1 rings (SSSR count). The van der Waals surface area contributed by atoms with Gasteiger partial charge in [0.1, 0.15) is 31.0 Å². The molecule has 10 heteroatoms. The Kier molecular flexibility index (Phi) is 35.7. The Hall–Kier alpha value is -3.12. The zero-order chi connectivity index (χ0) is 43.0. The zero-order valence-electron chi connectivity index (χ0n) is 36.5.